The fraction of sp³-hybridized carbons (Fsp3) is 0. The third kappa shape index (κ3) is 0.797. The Morgan fingerprint density at radius 3 is 3.27 bits per heavy atom. The van der Waals surface area contributed by atoms with Crippen molar-refractivity contribution < 1.29 is 4.79 Å². The third-order valence-corrected chi connectivity index (χ3v) is 1.50. The van der Waals surface area contributed by atoms with E-state index < -0.39 is 0 Å². The predicted octanol–water partition coefficient (Wildman–Crippen LogP) is 0.770. The fourth-order valence-electron chi connectivity index (χ4n) is 0.970. The maximum Gasteiger partial charge on any atom is 0.152 e. The average Bonchev–Trinajstić information content (AvgIpc) is 2.50. The van der Waals surface area contributed by atoms with Gasteiger partial charge in [0.05, 0.1) is 11.7 Å². The zero-order valence-corrected chi connectivity index (χ0v) is 5.61. The van der Waals surface area contributed by atoms with Gasteiger partial charge in [-0.2, -0.15) is 5.10 Å². The van der Waals surface area contributed by atoms with E-state index in [1.165, 1.54) is 0 Å². The Morgan fingerprint density at radius 1 is 1.55 bits per heavy atom. The molecule has 1 N–H and O–H groups in total. The number of H-pyrrole nitrogens is 1. The zero-order chi connectivity index (χ0) is 7.68. The van der Waals surface area contributed by atoms with E-state index in [1.807, 2.05) is 0 Å². The van der Waals surface area contributed by atoms with E-state index in [4.69, 9.17) is 0 Å². The van der Waals surface area contributed by atoms with Gasteiger partial charge < -0.3 is 0 Å². The van der Waals surface area contributed by atoms with Gasteiger partial charge in [0.2, 0.25) is 0 Å². The van der Waals surface area contributed by atoms with Crippen LogP contribution in [0.4, 0.5) is 0 Å². The van der Waals surface area contributed by atoms with Gasteiger partial charge in [0.1, 0.15) is 5.52 Å². The number of hydrogen-bond acceptors (Lipinski definition) is 3. The molecule has 0 aromatic carbocycles. The van der Waals surface area contributed by atoms with Gasteiger partial charge in [-0.05, 0) is 6.07 Å². The standard InChI is InChI=1S/C7H5N3O/c11-4-5-1-2-8-6-3-9-10-7(5)6/h1-4H,(H,9,10). The van der Waals surface area contributed by atoms with Gasteiger partial charge >= 0.3 is 0 Å². The third-order valence-electron chi connectivity index (χ3n) is 1.50. The first kappa shape index (κ1) is 6.03. The molecule has 2 heterocycles. The summed E-state index contributed by atoms with van der Waals surface area (Å²) in [6.07, 6.45) is 3.95. The maximum atomic E-state index is 10.4. The number of rotatable bonds is 1. The molecule has 2 rings (SSSR count). The Kier molecular flexibility index (Phi) is 1.18. The van der Waals surface area contributed by atoms with Crippen LogP contribution in [0, 0.1) is 0 Å². The first-order valence-corrected chi connectivity index (χ1v) is 3.15. The normalized spacial score (nSPS) is 10.2. The molecule has 11 heavy (non-hydrogen) atoms. The van der Waals surface area contributed by atoms with E-state index in [9.17, 15) is 4.79 Å². The molecule has 0 aliphatic carbocycles. The number of hydrogen-bond donors (Lipinski definition) is 1. The lowest BCUT2D eigenvalue weighted by molar-refractivity contribution is 0.112. The molecule has 0 radical (unpaired) electrons. The van der Waals surface area contributed by atoms with Crippen molar-refractivity contribution >= 4 is 17.3 Å². The van der Waals surface area contributed by atoms with E-state index in [0.29, 0.717) is 11.1 Å². The van der Waals surface area contributed by atoms with Crippen molar-refractivity contribution in [3.05, 3.63) is 24.0 Å². The van der Waals surface area contributed by atoms with Crippen LogP contribution in [-0.2, 0) is 0 Å². The summed E-state index contributed by atoms with van der Waals surface area (Å²) < 4.78 is 0. The predicted molar refractivity (Wildman–Crippen MR) is 39.3 cm³/mol. The van der Waals surface area contributed by atoms with E-state index in [1.54, 1.807) is 18.5 Å². The molecule has 2 aromatic rings. The van der Waals surface area contributed by atoms with Crippen molar-refractivity contribution in [2.45, 2.75) is 0 Å². The van der Waals surface area contributed by atoms with Crippen molar-refractivity contribution in [3.63, 3.8) is 0 Å². The Balaban J connectivity index is 2.88. The SMILES string of the molecule is O=Cc1ccnc2cn[nH]c12. The van der Waals surface area contributed by atoms with Gasteiger partial charge in [0, 0.05) is 11.8 Å². The topological polar surface area (TPSA) is 58.6 Å². The lowest BCUT2D eigenvalue weighted by Crippen LogP contribution is -1.83. The highest BCUT2D eigenvalue weighted by molar-refractivity contribution is 5.93. The summed E-state index contributed by atoms with van der Waals surface area (Å²) in [6, 6.07) is 1.65. The number of carbonyl (C=O) groups is 1. The molecule has 0 saturated carbocycles. The van der Waals surface area contributed by atoms with Gasteiger partial charge in [-0.3, -0.25) is 14.9 Å². The van der Waals surface area contributed by atoms with Crippen molar-refractivity contribution in [2.75, 3.05) is 0 Å². The van der Waals surface area contributed by atoms with E-state index in [2.05, 4.69) is 15.2 Å². The van der Waals surface area contributed by atoms with Gasteiger partial charge in [-0.25, -0.2) is 0 Å². The summed E-state index contributed by atoms with van der Waals surface area (Å²) >= 11 is 0. The molecule has 0 atom stereocenters. The molecule has 0 amide bonds. The maximum absolute atomic E-state index is 10.4. The number of nitrogens with zero attached hydrogens (tertiary/aromatic N) is 2. The average molecular weight is 147 g/mol. The number of pyridine rings is 1. The number of aldehydes is 1. The molecule has 2 aromatic heterocycles. The molecule has 54 valence electrons. The molecule has 0 fully saturated rings. The molecular weight excluding hydrogens is 142 g/mol. The van der Waals surface area contributed by atoms with E-state index >= 15 is 0 Å². The van der Waals surface area contributed by atoms with Crippen LogP contribution in [0.1, 0.15) is 10.4 Å². The highest BCUT2D eigenvalue weighted by Gasteiger charge is 2.00. The largest absolute Gasteiger partial charge is 0.298 e. The molecule has 0 spiro atoms. The monoisotopic (exact) mass is 147 g/mol. The van der Waals surface area contributed by atoms with Crippen LogP contribution < -0.4 is 0 Å². The minimum Gasteiger partial charge on any atom is -0.298 e. The van der Waals surface area contributed by atoms with E-state index in [0.717, 1.165) is 11.8 Å². The first-order chi connectivity index (χ1) is 5.42. The highest BCUT2D eigenvalue weighted by Crippen LogP contribution is 2.09. The van der Waals surface area contributed by atoms with Crippen LogP contribution in [0.5, 0.6) is 0 Å². The zero-order valence-electron chi connectivity index (χ0n) is 5.61. The Bertz CT molecular complexity index is 393. The second-order valence-corrected chi connectivity index (χ2v) is 2.15. The van der Waals surface area contributed by atoms with Crippen LogP contribution in [0.3, 0.4) is 0 Å². The van der Waals surface area contributed by atoms with Crippen molar-refractivity contribution in [2.24, 2.45) is 0 Å². The van der Waals surface area contributed by atoms with Crippen molar-refractivity contribution in [1.82, 2.24) is 15.2 Å². The minimum atomic E-state index is 0.590. The Labute approximate surface area is 62.3 Å². The number of aromatic amines is 1. The van der Waals surface area contributed by atoms with Gasteiger partial charge in [-0.1, -0.05) is 0 Å². The summed E-state index contributed by atoms with van der Waals surface area (Å²) in [5.74, 6) is 0. The molecule has 4 nitrogen and oxygen atoms in total. The van der Waals surface area contributed by atoms with Gasteiger partial charge in [-0.15, -0.1) is 0 Å². The first-order valence-electron chi connectivity index (χ1n) is 3.15. The van der Waals surface area contributed by atoms with Crippen LogP contribution in [-0.4, -0.2) is 21.5 Å². The highest BCUT2D eigenvalue weighted by atomic mass is 16.1. The summed E-state index contributed by atoms with van der Waals surface area (Å²) in [4.78, 5) is 14.4. The smallest absolute Gasteiger partial charge is 0.152 e. The van der Waals surface area contributed by atoms with E-state index in [-0.39, 0.29) is 0 Å². The van der Waals surface area contributed by atoms with Crippen molar-refractivity contribution in [3.8, 4) is 0 Å². The molecule has 0 unspecified atom stereocenters. The second-order valence-electron chi connectivity index (χ2n) is 2.15. The summed E-state index contributed by atoms with van der Waals surface area (Å²) in [6.45, 7) is 0. The lowest BCUT2D eigenvalue weighted by atomic mass is 10.2. The van der Waals surface area contributed by atoms with Gasteiger partial charge in [0.25, 0.3) is 0 Å². The molecule has 4 heteroatoms. The van der Waals surface area contributed by atoms with Crippen LogP contribution >= 0.6 is 0 Å². The van der Waals surface area contributed by atoms with Crippen LogP contribution in [0.25, 0.3) is 11.0 Å². The Hall–Kier alpha value is -1.71. The number of fused-ring (bicyclic) bond motifs is 1. The minimum absolute atomic E-state index is 0.590. The van der Waals surface area contributed by atoms with Crippen LogP contribution in [0.2, 0.25) is 0 Å². The molecule has 0 saturated heterocycles. The van der Waals surface area contributed by atoms with Crippen LogP contribution in [0.15, 0.2) is 18.5 Å². The summed E-state index contributed by atoms with van der Waals surface area (Å²) in [7, 11) is 0. The molecule has 0 aliphatic heterocycles. The molecular formula is C7H5N3O. The van der Waals surface area contributed by atoms with Gasteiger partial charge in [0.15, 0.2) is 6.29 Å². The quantitative estimate of drug-likeness (QED) is 0.606. The molecule has 0 bridgehead atoms. The van der Waals surface area contributed by atoms with Crippen molar-refractivity contribution in [1.29, 1.82) is 0 Å². The lowest BCUT2D eigenvalue weighted by Gasteiger charge is -1.89. The fourth-order valence-corrected chi connectivity index (χ4v) is 0.970. The Morgan fingerprint density at radius 2 is 2.45 bits per heavy atom. The number of aromatic nitrogens is 3. The molecule has 0 aliphatic rings. The number of nitrogens with one attached hydrogen (secondary N) is 1. The summed E-state index contributed by atoms with van der Waals surface area (Å²) in [5.41, 5.74) is 2.00. The summed E-state index contributed by atoms with van der Waals surface area (Å²) in [5, 5.41) is 6.46. The second kappa shape index (κ2) is 2.16. The number of carbonyl (C=O) groups excluding carboxylic acids is 1.